The van der Waals surface area contributed by atoms with E-state index >= 15 is 0 Å². The molecule has 0 spiro atoms. The normalized spacial score (nSPS) is 13.7. The summed E-state index contributed by atoms with van der Waals surface area (Å²) in [7, 11) is 0. The highest BCUT2D eigenvalue weighted by molar-refractivity contribution is 5.64. The molecule has 1 heteroatoms. The molecule has 0 unspecified atom stereocenters. The third kappa shape index (κ3) is 5.93. The molecule has 0 amide bonds. The van der Waals surface area contributed by atoms with Crippen molar-refractivity contribution in [2.75, 3.05) is 13.2 Å². The zero-order valence-electron chi connectivity index (χ0n) is 19.6. The molecule has 0 atom stereocenters. The van der Waals surface area contributed by atoms with Gasteiger partial charge in [-0.1, -0.05) is 88.4 Å². The monoisotopic (exact) mass is 390 g/mol. The molecule has 0 aliphatic heterocycles. The van der Waals surface area contributed by atoms with Crippen LogP contribution in [0.3, 0.4) is 0 Å². The second-order valence-corrected chi connectivity index (χ2v) is 9.36. The van der Waals surface area contributed by atoms with Crippen LogP contribution in [0, 0.1) is 0 Å². The van der Waals surface area contributed by atoms with Crippen molar-refractivity contribution in [3.8, 4) is 0 Å². The molecule has 0 heterocycles. The van der Waals surface area contributed by atoms with Crippen LogP contribution in [0.2, 0.25) is 0 Å². The second-order valence-electron chi connectivity index (χ2n) is 9.36. The van der Waals surface area contributed by atoms with Crippen molar-refractivity contribution in [3.63, 3.8) is 0 Å². The van der Waals surface area contributed by atoms with E-state index in [1.165, 1.54) is 33.4 Å². The first-order chi connectivity index (χ1) is 13.6. The number of benzene rings is 2. The van der Waals surface area contributed by atoms with Crippen LogP contribution in [0.5, 0.6) is 0 Å². The molecule has 2 aromatic carbocycles. The van der Waals surface area contributed by atoms with Gasteiger partial charge in [0.05, 0.1) is 13.2 Å². The van der Waals surface area contributed by atoms with Crippen molar-refractivity contribution >= 4 is 11.1 Å². The van der Waals surface area contributed by atoms with Gasteiger partial charge in [0.2, 0.25) is 0 Å². The van der Waals surface area contributed by atoms with E-state index in [4.69, 9.17) is 4.74 Å². The van der Waals surface area contributed by atoms with Crippen LogP contribution in [0.1, 0.15) is 77.6 Å². The number of ether oxygens (including phenoxy) is 1. The van der Waals surface area contributed by atoms with Crippen LogP contribution >= 0.6 is 0 Å². The maximum Gasteiger partial charge on any atom is 0.0558 e. The lowest BCUT2D eigenvalue weighted by Crippen LogP contribution is -2.30. The predicted octanol–water partition coefficient (Wildman–Crippen LogP) is 7.81. The van der Waals surface area contributed by atoms with Gasteiger partial charge >= 0.3 is 0 Å². The first-order valence-electron chi connectivity index (χ1n) is 10.7. The SMILES string of the molecule is CC=C(C)c1ccc(C(C)(C)COCC(C)(C)c2ccc(C(C)=CC)cc2)cc1. The smallest absolute Gasteiger partial charge is 0.0558 e. The van der Waals surface area contributed by atoms with Crippen molar-refractivity contribution in [2.45, 2.75) is 66.2 Å². The standard InChI is InChI=1S/C28H38O/c1-9-21(3)23-11-15-25(16-12-23)27(5,6)19-29-20-28(7,8)26-17-13-24(14-18-26)22(4)10-2/h9-18H,19-20H2,1-8H3. The van der Waals surface area contributed by atoms with Gasteiger partial charge in [0.15, 0.2) is 0 Å². The molecular weight excluding hydrogens is 352 g/mol. The quantitative estimate of drug-likeness (QED) is 0.446. The fraction of sp³-hybridized carbons (Fsp3) is 0.429. The van der Waals surface area contributed by atoms with Crippen LogP contribution in [0.25, 0.3) is 11.1 Å². The summed E-state index contributed by atoms with van der Waals surface area (Å²) in [6.45, 7) is 18.9. The fourth-order valence-electron chi connectivity index (χ4n) is 3.43. The maximum atomic E-state index is 6.25. The Hall–Kier alpha value is -2.12. The Morgan fingerprint density at radius 3 is 1.24 bits per heavy atom. The van der Waals surface area contributed by atoms with Crippen molar-refractivity contribution in [3.05, 3.63) is 82.9 Å². The minimum absolute atomic E-state index is 0.0225. The number of allylic oxidation sites excluding steroid dienone is 4. The van der Waals surface area contributed by atoms with E-state index in [0.29, 0.717) is 13.2 Å². The summed E-state index contributed by atoms with van der Waals surface area (Å²) in [5.41, 5.74) is 7.77. The van der Waals surface area contributed by atoms with Crippen molar-refractivity contribution in [1.82, 2.24) is 0 Å². The van der Waals surface area contributed by atoms with Gasteiger partial charge < -0.3 is 4.74 Å². The lowest BCUT2D eigenvalue weighted by Gasteiger charge is -2.30. The summed E-state index contributed by atoms with van der Waals surface area (Å²) >= 11 is 0. The lowest BCUT2D eigenvalue weighted by molar-refractivity contribution is 0.0634. The molecule has 0 fully saturated rings. The zero-order valence-corrected chi connectivity index (χ0v) is 19.6. The third-order valence-electron chi connectivity index (χ3n) is 6.04. The summed E-state index contributed by atoms with van der Waals surface area (Å²) < 4.78 is 6.25. The van der Waals surface area contributed by atoms with Crippen LogP contribution in [-0.4, -0.2) is 13.2 Å². The average Bonchev–Trinajstić information content (AvgIpc) is 2.72. The van der Waals surface area contributed by atoms with Gasteiger partial charge in [0.1, 0.15) is 0 Å². The maximum absolute atomic E-state index is 6.25. The Balaban J connectivity index is 2.01. The van der Waals surface area contributed by atoms with Gasteiger partial charge in [0, 0.05) is 10.8 Å². The van der Waals surface area contributed by atoms with E-state index < -0.39 is 0 Å². The number of rotatable bonds is 8. The molecule has 2 rings (SSSR count). The molecule has 0 radical (unpaired) electrons. The topological polar surface area (TPSA) is 9.23 Å². The fourth-order valence-corrected chi connectivity index (χ4v) is 3.43. The van der Waals surface area contributed by atoms with E-state index in [2.05, 4.69) is 116 Å². The predicted molar refractivity (Wildman–Crippen MR) is 128 cm³/mol. The highest BCUT2D eigenvalue weighted by Crippen LogP contribution is 2.29. The van der Waals surface area contributed by atoms with Crippen molar-refractivity contribution < 1.29 is 4.74 Å². The van der Waals surface area contributed by atoms with Gasteiger partial charge in [-0.2, -0.15) is 0 Å². The Bertz CT molecular complexity index is 773. The highest BCUT2D eigenvalue weighted by Gasteiger charge is 2.25. The molecule has 0 bridgehead atoms. The Morgan fingerprint density at radius 1 is 0.655 bits per heavy atom. The molecule has 0 aliphatic carbocycles. The van der Waals surface area contributed by atoms with Gasteiger partial charge in [-0.05, 0) is 61.1 Å². The molecule has 0 saturated heterocycles. The summed E-state index contributed by atoms with van der Waals surface area (Å²) in [4.78, 5) is 0. The Morgan fingerprint density at radius 2 is 0.966 bits per heavy atom. The Kier molecular flexibility index (Phi) is 7.66. The molecule has 2 aromatic rings. The molecule has 0 saturated carbocycles. The number of hydrogen-bond donors (Lipinski definition) is 0. The largest absolute Gasteiger partial charge is 0.380 e. The summed E-state index contributed by atoms with van der Waals surface area (Å²) in [5.74, 6) is 0. The van der Waals surface area contributed by atoms with E-state index in [9.17, 15) is 0 Å². The van der Waals surface area contributed by atoms with Crippen molar-refractivity contribution in [1.29, 1.82) is 0 Å². The van der Waals surface area contributed by atoms with Crippen LogP contribution in [-0.2, 0) is 15.6 Å². The number of hydrogen-bond acceptors (Lipinski definition) is 1. The van der Waals surface area contributed by atoms with E-state index in [-0.39, 0.29) is 10.8 Å². The van der Waals surface area contributed by atoms with E-state index in [0.717, 1.165) is 0 Å². The molecule has 0 aliphatic rings. The highest BCUT2D eigenvalue weighted by atomic mass is 16.5. The summed E-state index contributed by atoms with van der Waals surface area (Å²) in [5, 5.41) is 0. The average molecular weight is 391 g/mol. The van der Waals surface area contributed by atoms with Crippen LogP contribution < -0.4 is 0 Å². The van der Waals surface area contributed by atoms with E-state index in [1.807, 2.05) is 0 Å². The molecular formula is C28H38O. The molecule has 29 heavy (non-hydrogen) atoms. The van der Waals surface area contributed by atoms with Crippen LogP contribution in [0.4, 0.5) is 0 Å². The molecule has 0 N–H and O–H groups in total. The van der Waals surface area contributed by atoms with Gasteiger partial charge in [-0.3, -0.25) is 0 Å². The molecule has 0 aromatic heterocycles. The zero-order chi connectivity index (χ0) is 21.7. The lowest BCUT2D eigenvalue weighted by atomic mass is 9.83. The second kappa shape index (κ2) is 9.59. The third-order valence-corrected chi connectivity index (χ3v) is 6.04. The van der Waals surface area contributed by atoms with E-state index in [1.54, 1.807) is 0 Å². The minimum atomic E-state index is -0.0225. The molecule has 1 nitrogen and oxygen atoms in total. The summed E-state index contributed by atoms with van der Waals surface area (Å²) in [6, 6.07) is 17.8. The summed E-state index contributed by atoms with van der Waals surface area (Å²) in [6.07, 6.45) is 4.30. The van der Waals surface area contributed by atoms with Gasteiger partial charge in [-0.25, -0.2) is 0 Å². The minimum Gasteiger partial charge on any atom is -0.380 e. The molecule has 156 valence electrons. The first kappa shape index (κ1) is 23.2. The van der Waals surface area contributed by atoms with Gasteiger partial charge in [-0.15, -0.1) is 0 Å². The first-order valence-corrected chi connectivity index (χ1v) is 10.7. The van der Waals surface area contributed by atoms with Crippen LogP contribution in [0.15, 0.2) is 60.7 Å². The van der Waals surface area contributed by atoms with Gasteiger partial charge in [0.25, 0.3) is 0 Å². The van der Waals surface area contributed by atoms with Crippen molar-refractivity contribution in [2.24, 2.45) is 0 Å². The Labute approximate surface area is 178 Å².